The average molecular weight is 372 g/mol. The van der Waals surface area contributed by atoms with E-state index in [4.69, 9.17) is 16.3 Å². The van der Waals surface area contributed by atoms with Gasteiger partial charge >= 0.3 is 0 Å². The van der Waals surface area contributed by atoms with Gasteiger partial charge in [0.15, 0.2) is 7.29 Å². The molecule has 0 fully saturated rings. The predicted octanol–water partition coefficient (Wildman–Crippen LogP) is 5.86. The van der Waals surface area contributed by atoms with Gasteiger partial charge in [-0.3, -0.25) is 4.57 Å². The Kier molecular flexibility index (Phi) is 5.47. The molecule has 0 aromatic heterocycles. The highest BCUT2D eigenvalue weighted by atomic mass is 35.5. The minimum atomic E-state index is -2.78. The molecule has 0 saturated heterocycles. The molecule has 5 heteroatoms. The lowest BCUT2D eigenvalue weighted by atomic mass is 10.2. The Morgan fingerprint density at radius 2 is 1.48 bits per heavy atom. The van der Waals surface area contributed by atoms with Gasteiger partial charge in [0.05, 0.1) is 0 Å². The van der Waals surface area contributed by atoms with Crippen molar-refractivity contribution in [1.29, 1.82) is 0 Å². The molecule has 3 nitrogen and oxygen atoms in total. The summed E-state index contributed by atoms with van der Waals surface area (Å²) in [6.07, 6.45) is 0. The zero-order valence-electron chi connectivity index (χ0n) is 13.9. The molecule has 1 N–H and O–H groups in total. The van der Waals surface area contributed by atoms with E-state index < -0.39 is 7.29 Å². The molecular weight excluding hydrogens is 353 g/mol. The van der Waals surface area contributed by atoms with Gasteiger partial charge < -0.3 is 9.82 Å². The maximum Gasteiger partial charge on any atom is 0.195 e. The minimum absolute atomic E-state index is 0.333. The lowest BCUT2D eigenvalue weighted by Crippen LogP contribution is -2.14. The highest BCUT2D eigenvalue weighted by Crippen LogP contribution is 2.41. The summed E-state index contributed by atoms with van der Waals surface area (Å²) in [5.41, 5.74) is 1.65. The normalized spacial score (nSPS) is 13.0. The minimum Gasteiger partial charge on any atom is -0.457 e. The van der Waals surface area contributed by atoms with Crippen LogP contribution in [0.5, 0.6) is 11.5 Å². The molecular formula is C20H19ClNO2P. The van der Waals surface area contributed by atoms with E-state index in [1.54, 1.807) is 6.66 Å². The molecule has 128 valence electrons. The van der Waals surface area contributed by atoms with Crippen molar-refractivity contribution in [2.75, 3.05) is 11.8 Å². The predicted molar refractivity (Wildman–Crippen MR) is 106 cm³/mol. The average Bonchev–Trinajstić information content (AvgIpc) is 2.64. The summed E-state index contributed by atoms with van der Waals surface area (Å²) >= 11 is 5.97. The molecule has 0 aliphatic heterocycles. The first-order valence-corrected chi connectivity index (χ1v) is 10.6. The Hall–Kier alpha value is -2.22. The van der Waals surface area contributed by atoms with Crippen LogP contribution < -0.4 is 15.1 Å². The summed E-state index contributed by atoms with van der Waals surface area (Å²) in [6.45, 7) is 1.72. The van der Waals surface area contributed by atoms with Crippen molar-refractivity contribution >= 4 is 29.9 Å². The smallest absolute Gasteiger partial charge is 0.195 e. The van der Waals surface area contributed by atoms with Crippen LogP contribution in [0.1, 0.15) is 5.56 Å². The van der Waals surface area contributed by atoms with Crippen molar-refractivity contribution in [3.63, 3.8) is 0 Å². The highest BCUT2D eigenvalue weighted by molar-refractivity contribution is 7.72. The number of nitrogens with one attached hydrogen (secondary N) is 1. The number of alkyl halides is 1. The number of halogens is 1. The third-order valence-corrected chi connectivity index (χ3v) is 6.10. The van der Waals surface area contributed by atoms with Gasteiger partial charge in [-0.1, -0.05) is 36.4 Å². The van der Waals surface area contributed by atoms with E-state index in [1.165, 1.54) is 0 Å². The van der Waals surface area contributed by atoms with E-state index in [0.717, 1.165) is 28.1 Å². The summed E-state index contributed by atoms with van der Waals surface area (Å²) in [5.74, 6) is 1.84. The number of benzene rings is 3. The third kappa shape index (κ3) is 4.45. The summed E-state index contributed by atoms with van der Waals surface area (Å²) in [4.78, 5) is 0. The lowest BCUT2D eigenvalue weighted by molar-refractivity contribution is 0.483. The van der Waals surface area contributed by atoms with Crippen LogP contribution in [0.3, 0.4) is 0 Å². The van der Waals surface area contributed by atoms with Crippen LogP contribution in [-0.2, 0) is 10.4 Å². The van der Waals surface area contributed by atoms with E-state index >= 15 is 0 Å². The standard InChI is InChI=1S/C20H19ClNO2P/c1-25(23,20-10-6-5-7-16(20)15-21)22-17-11-13-19(14-12-17)24-18-8-3-2-4-9-18/h2-14H,15H2,1H3,(H,22,23). The summed E-state index contributed by atoms with van der Waals surface area (Å²) < 4.78 is 18.9. The van der Waals surface area contributed by atoms with Crippen LogP contribution in [0.15, 0.2) is 78.9 Å². The maximum absolute atomic E-state index is 13.1. The number of hydrogen-bond acceptors (Lipinski definition) is 2. The molecule has 0 bridgehead atoms. The monoisotopic (exact) mass is 371 g/mol. The zero-order valence-corrected chi connectivity index (χ0v) is 15.5. The molecule has 1 unspecified atom stereocenters. The summed E-state index contributed by atoms with van der Waals surface area (Å²) in [6, 6.07) is 24.5. The van der Waals surface area contributed by atoms with Gasteiger partial charge in [-0.2, -0.15) is 0 Å². The van der Waals surface area contributed by atoms with E-state index in [0.29, 0.717) is 5.88 Å². The van der Waals surface area contributed by atoms with Gasteiger partial charge in [-0.25, -0.2) is 0 Å². The first-order valence-electron chi connectivity index (χ1n) is 7.92. The van der Waals surface area contributed by atoms with Crippen molar-refractivity contribution < 1.29 is 9.30 Å². The highest BCUT2D eigenvalue weighted by Gasteiger charge is 2.21. The molecule has 0 saturated carbocycles. The third-order valence-electron chi connectivity index (χ3n) is 3.77. The van der Waals surface area contributed by atoms with E-state index in [9.17, 15) is 4.57 Å². The van der Waals surface area contributed by atoms with Gasteiger partial charge in [-0.05, 0) is 48.0 Å². The van der Waals surface area contributed by atoms with Crippen LogP contribution in [0.2, 0.25) is 0 Å². The van der Waals surface area contributed by atoms with Gasteiger partial charge in [0.1, 0.15) is 11.5 Å². The number of hydrogen-bond donors (Lipinski definition) is 1. The number of anilines is 1. The molecule has 3 rings (SSSR count). The molecule has 0 radical (unpaired) electrons. The van der Waals surface area contributed by atoms with Crippen LogP contribution in [0.4, 0.5) is 5.69 Å². The van der Waals surface area contributed by atoms with Crippen LogP contribution in [0, 0.1) is 0 Å². The van der Waals surface area contributed by atoms with E-state index in [2.05, 4.69) is 5.09 Å². The van der Waals surface area contributed by atoms with Crippen molar-refractivity contribution in [3.8, 4) is 11.5 Å². The van der Waals surface area contributed by atoms with Crippen molar-refractivity contribution in [2.24, 2.45) is 0 Å². The molecule has 3 aromatic carbocycles. The van der Waals surface area contributed by atoms with Crippen LogP contribution >= 0.6 is 18.9 Å². The number of ether oxygens (including phenoxy) is 1. The molecule has 0 aliphatic rings. The van der Waals surface area contributed by atoms with Crippen LogP contribution in [0.25, 0.3) is 0 Å². The van der Waals surface area contributed by atoms with Crippen molar-refractivity contribution in [2.45, 2.75) is 5.88 Å². The Bertz CT molecular complexity index is 882. The molecule has 0 heterocycles. The first-order chi connectivity index (χ1) is 12.1. The first kappa shape index (κ1) is 17.6. The Morgan fingerprint density at radius 3 is 2.16 bits per heavy atom. The maximum atomic E-state index is 13.1. The summed E-state index contributed by atoms with van der Waals surface area (Å²) in [7, 11) is -2.78. The van der Waals surface area contributed by atoms with Crippen molar-refractivity contribution in [1.82, 2.24) is 0 Å². The molecule has 1 atom stereocenters. The molecule has 0 aliphatic carbocycles. The topological polar surface area (TPSA) is 38.3 Å². The second kappa shape index (κ2) is 7.77. The second-order valence-electron chi connectivity index (χ2n) is 5.74. The van der Waals surface area contributed by atoms with E-state index in [-0.39, 0.29) is 0 Å². The molecule has 3 aromatic rings. The quantitative estimate of drug-likeness (QED) is 0.435. The molecule has 0 amide bonds. The van der Waals surface area contributed by atoms with Gasteiger partial charge in [0.25, 0.3) is 0 Å². The van der Waals surface area contributed by atoms with Gasteiger partial charge in [0.2, 0.25) is 0 Å². The largest absolute Gasteiger partial charge is 0.457 e. The fraction of sp³-hybridized carbons (Fsp3) is 0.100. The van der Waals surface area contributed by atoms with Crippen molar-refractivity contribution in [3.05, 3.63) is 84.4 Å². The van der Waals surface area contributed by atoms with Gasteiger partial charge in [-0.15, -0.1) is 11.6 Å². The fourth-order valence-electron chi connectivity index (χ4n) is 2.57. The summed E-state index contributed by atoms with van der Waals surface area (Å²) in [5, 5.41) is 3.90. The lowest BCUT2D eigenvalue weighted by Gasteiger charge is -2.19. The van der Waals surface area contributed by atoms with Gasteiger partial charge in [0, 0.05) is 23.5 Å². The zero-order chi connectivity index (χ0) is 17.7. The Morgan fingerprint density at radius 1 is 0.880 bits per heavy atom. The number of para-hydroxylation sites is 1. The molecule has 0 spiro atoms. The number of rotatable bonds is 6. The Labute approximate surface area is 153 Å². The fourth-order valence-corrected chi connectivity index (χ4v) is 4.73. The molecule has 25 heavy (non-hydrogen) atoms. The SMILES string of the molecule is CP(=O)(Nc1ccc(Oc2ccccc2)cc1)c1ccccc1CCl. The van der Waals surface area contributed by atoms with E-state index in [1.807, 2.05) is 78.9 Å². The van der Waals surface area contributed by atoms with Crippen LogP contribution in [-0.4, -0.2) is 6.66 Å². The Balaban J connectivity index is 1.75. The second-order valence-corrected chi connectivity index (χ2v) is 8.56.